The van der Waals surface area contributed by atoms with E-state index in [1.807, 2.05) is 29.7 Å². The number of anilines is 1. The Balaban J connectivity index is 1.45. The first-order chi connectivity index (χ1) is 16.0. The molecule has 0 bridgehead atoms. The molecule has 2 amide bonds. The molecule has 4 rings (SSSR count). The third kappa shape index (κ3) is 6.00. The Hall–Kier alpha value is -3.17. The van der Waals surface area contributed by atoms with E-state index in [1.165, 1.54) is 11.8 Å². The smallest absolute Gasteiger partial charge is 0.253 e. The number of amides is 2. The minimum Gasteiger partial charge on any atom is -0.383 e. The molecule has 1 aliphatic rings. The lowest BCUT2D eigenvalue weighted by molar-refractivity contribution is -0.113. The summed E-state index contributed by atoms with van der Waals surface area (Å²) in [7, 11) is 1.65. The average molecular weight is 466 g/mol. The van der Waals surface area contributed by atoms with Crippen LogP contribution in [0.25, 0.3) is 11.4 Å². The van der Waals surface area contributed by atoms with Crippen LogP contribution in [-0.2, 0) is 16.1 Å². The molecule has 1 heterocycles. The number of hydrogen-bond donors (Lipinski definition) is 2. The number of para-hydroxylation sites is 1. The van der Waals surface area contributed by atoms with Crippen LogP contribution in [0, 0.1) is 6.92 Å². The lowest BCUT2D eigenvalue weighted by Crippen LogP contribution is -2.27. The Morgan fingerprint density at radius 2 is 1.97 bits per heavy atom. The first-order valence-electron chi connectivity index (χ1n) is 10.9. The first-order valence-corrected chi connectivity index (χ1v) is 11.9. The van der Waals surface area contributed by atoms with Gasteiger partial charge in [-0.05, 0) is 38.0 Å². The van der Waals surface area contributed by atoms with E-state index in [1.54, 1.807) is 31.4 Å². The van der Waals surface area contributed by atoms with Crippen molar-refractivity contribution in [1.29, 1.82) is 0 Å². The SMILES string of the molecule is COCCn1c(SCC(=O)Nc2ccccc2C(=O)NC2CC2)nnc1-c1cccc(C)c1. The number of carbonyl (C=O) groups excluding carboxylic acids is 2. The standard InChI is InChI=1S/C24H27N5O3S/c1-16-6-5-7-17(14-16)22-27-28-24(29(22)12-13-32-2)33-15-21(30)26-20-9-4-3-8-19(20)23(31)25-18-10-11-18/h3-9,14,18H,10-13,15H2,1-2H3,(H,25,31)(H,26,30). The highest BCUT2D eigenvalue weighted by Crippen LogP contribution is 2.25. The fourth-order valence-corrected chi connectivity index (χ4v) is 4.14. The number of nitrogens with zero attached hydrogens (tertiary/aromatic N) is 3. The van der Waals surface area contributed by atoms with Crippen LogP contribution in [0.1, 0.15) is 28.8 Å². The van der Waals surface area contributed by atoms with Gasteiger partial charge in [-0.2, -0.15) is 0 Å². The van der Waals surface area contributed by atoms with Gasteiger partial charge in [-0.25, -0.2) is 0 Å². The van der Waals surface area contributed by atoms with Crippen LogP contribution in [0.4, 0.5) is 5.69 Å². The van der Waals surface area contributed by atoms with E-state index >= 15 is 0 Å². The summed E-state index contributed by atoms with van der Waals surface area (Å²) in [4.78, 5) is 25.2. The van der Waals surface area contributed by atoms with Crippen molar-refractivity contribution in [3.63, 3.8) is 0 Å². The van der Waals surface area contributed by atoms with Gasteiger partial charge in [0.05, 0.1) is 30.2 Å². The maximum Gasteiger partial charge on any atom is 0.253 e. The van der Waals surface area contributed by atoms with Gasteiger partial charge in [-0.1, -0.05) is 47.7 Å². The van der Waals surface area contributed by atoms with E-state index in [2.05, 4.69) is 26.9 Å². The molecule has 0 aliphatic heterocycles. The van der Waals surface area contributed by atoms with Gasteiger partial charge in [-0.3, -0.25) is 14.2 Å². The Labute approximate surface area is 197 Å². The summed E-state index contributed by atoms with van der Waals surface area (Å²) in [6.07, 6.45) is 2.01. The zero-order valence-electron chi connectivity index (χ0n) is 18.7. The average Bonchev–Trinajstić information content (AvgIpc) is 3.53. The lowest BCUT2D eigenvalue weighted by atomic mass is 10.1. The van der Waals surface area contributed by atoms with Crippen LogP contribution < -0.4 is 10.6 Å². The number of benzene rings is 2. The van der Waals surface area contributed by atoms with Crippen molar-refractivity contribution in [3.05, 3.63) is 59.7 Å². The number of hydrogen-bond acceptors (Lipinski definition) is 6. The molecule has 2 N–H and O–H groups in total. The van der Waals surface area contributed by atoms with Gasteiger partial charge in [0.15, 0.2) is 11.0 Å². The minimum absolute atomic E-state index is 0.136. The molecule has 1 aliphatic carbocycles. The topological polar surface area (TPSA) is 98.1 Å². The number of aryl methyl sites for hydroxylation is 1. The number of methoxy groups -OCH3 is 1. The van der Waals surface area contributed by atoms with Crippen LogP contribution in [0.2, 0.25) is 0 Å². The Morgan fingerprint density at radius 3 is 2.73 bits per heavy atom. The minimum atomic E-state index is -0.218. The van der Waals surface area contributed by atoms with Crippen molar-refractivity contribution in [2.24, 2.45) is 0 Å². The largest absolute Gasteiger partial charge is 0.383 e. The van der Waals surface area contributed by atoms with Crippen molar-refractivity contribution < 1.29 is 14.3 Å². The predicted octanol–water partition coefficient (Wildman–Crippen LogP) is 3.52. The Bertz CT molecular complexity index is 1140. The van der Waals surface area contributed by atoms with Crippen LogP contribution in [0.3, 0.4) is 0 Å². The van der Waals surface area contributed by atoms with Gasteiger partial charge in [0.25, 0.3) is 5.91 Å². The highest BCUT2D eigenvalue weighted by atomic mass is 32.2. The molecule has 172 valence electrons. The molecular weight excluding hydrogens is 438 g/mol. The molecule has 1 saturated carbocycles. The van der Waals surface area contributed by atoms with Crippen molar-refractivity contribution in [2.75, 3.05) is 24.8 Å². The molecule has 2 aromatic carbocycles. The third-order valence-electron chi connectivity index (χ3n) is 5.20. The third-order valence-corrected chi connectivity index (χ3v) is 6.17. The molecule has 9 heteroatoms. The van der Waals surface area contributed by atoms with Crippen molar-refractivity contribution in [2.45, 2.75) is 37.5 Å². The molecule has 33 heavy (non-hydrogen) atoms. The molecule has 1 aromatic heterocycles. The lowest BCUT2D eigenvalue weighted by Gasteiger charge is -2.12. The number of ether oxygens (including phenoxy) is 1. The fraction of sp³-hybridized carbons (Fsp3) is 0.333. The molecule has 0 radical (unpaired) electrons. The maximum absolute atomic E-state index is 12.7. The fourth-order valence-electron chi connectivity index (χ4n) is 3.37. The van der Waals surface area contributed by atoms with Gasteiger partial charge in [0.1, 0.15) is 0 Å². The first kappa shape index (κ1) is 23.0. The van der Waals surface area contributed by atoms with E-state index in [9.17, 15) is 9.59 Å². The molecule has 0 atom stereocenters. The molecule has 0 saturated heterocycles. The highest BCUT2D eigenvalue weighted by molar-refractivity contribution is 7.99. The van der Waals surface area contributed by atoms with Crippen LogP contribution >= 0.6 is 11.8 Å². The molecule has 8 nitrogen and oxygen atoms in total. The van der Waals surface area contributed by atoms with Crippen LogP contribution in [-0.4, -0.2) is 52.1 Å². The zero-order chi connectivity index (χ0) is 23.2. The highest BCUT2D eigenvalue weighted by Gasteiger charge is 2.25. The summed E-state index contributed by atoms with van der Waals surface area (Å²) in [5.74, 6) is 0.492. The zero-order valence-corrected chi connectivity index (χ0v) is 19.5. The van der Waals surface area contributed by atoms with Crippen LogP contribution in [0.15, 0.2) is 53.7 Å². The summed E-state index contributed by atoms with van der Waals surface area (Å²) in [6.45, 7) is 3.10. The predicted molar refractivity (Wildman–Crippen MR) is 128 cm³/mol. The maximum atomic E-state index is 12.7. The molecule has 0 unspecified atom stereocenters. The summed E-state index contributed by atoms with van der Waals surface area (Å²) >= 11 is 1.30. The van der Waals surface area contributed by atoms with Gasteiger partial charge in [0.2, 0.25) is 5.91 Å². The second kappa shape index (κ2) is 10.6. The van der Waals surface area contributed by atoms with E-state index < -0.39 is 0 Å². The van der Waals surface area contributed by atoms with Gasteiger partial charge < -0.3 is 15.4 Å². The second-order valence-corrected chi connectivity index (χ2v) is 8.89. The van der Waals surface area contributed by atoms with Crippen molar-refractivity contribution in [1.82, 2.24) is 20.1 Å². The molecule has 3 aromatic rings. The molecule has 1 fully saturated rings. The van der Waals surface area contributed by atoms with Gasteiger partial charge in [-0.15, -0.1) is 10.2 Å². The Kier molecular flexibility index (Phi) is 7.41. The van der Waals surface area contributed by atoms with E-state index in [-0.39, 0.29) is 23.6 Å². The normalized spacial score (nSPS) is 13.0. The van der Waals surface area contributed by atoms with Crippen molar-refractivity contribution >= 4 is 29.3 Å². The molecule has 0 spiro atoms. The van der Waals surface area contributed by atoms with Crippen LogP contribution in [0.5, 0.6) is 0 Å². The number of rotatable bonds is 10. The second-order valence-electron chi connectivity index (χ2n) is 7.95. The summed E-state index contributed by atoms with van der Waals surface area (Å²) in [5.41, 5.74) is 3.06. The van der Waals surface area contributed by atoms with E-state index in [0.29, 0.717) is 29.6 Å². The van der Waals surface area contributed by atoms with Gasteiger partial charge in [0, 0.05) is 18.7 Å². The number of aromatic nitrogens is 3. The number of nitrogens with one attached hydrogen (secondary N) is 2. The molecular formula is C24H27N5O3S. The van der Waals surface area contributed by atoms with Crippen molar-refractivity contribution in [3.8, 4) is 11.4 Å². The number of carbonyl (C=O) groups is 2. The van der Waals surface area contributed by atoms with E-state index in [0.717, 1.165) is 29.8 Å². The Morgan fingerprint density at radius 1 is 1.15 bits per heavy atom. The summed E-state index contributed by atoms with van der Waals surface area (Å²) in [5, 5.41) is 15.1. The summed E-state index contributed by atoms with van der Waals surface area (Å²) < 4.78 is 7.22. The monoisotopic (exact) mass is 465 g/mol. The van der Waals surface area contributed by atoms with Gasteiger partial charge >= 0.3 is 0 Å². The summed E-state index contributed by atoms with van der Waals surface area (Å²) in [6, 6.07) is 15.3. The quantitative estimate of drug-likeness (QED) is 0.445. The van der Waals surface area contributed by atoms with E-state index in [4.69, 9.17) is 4.74 Å². The number of thioether (sulfide) groups is 1.